The van der Waals surface area contributed by atoms with Crippen molar-refractivity contribution in [3.63, 3.8) is 0 Å². The van der Waals surface area contributed by atoms with Crippen LogP contribution < -0.4 is 4.74 Å². The van der Waals surface area contributed by atoms with Gasteiger partial charge in [-0.3, -0.25) is 0 Å². The Morgan fingerprint density at radius 2 is 1.63 bits per heavy atom. The van der Waals surface area contributed by atoms with E-state index in [1.54, 1.807) is 12.1 Å². The molecule has 2 aromatic rings. The molecule has 0 fully saturated rings. The zero-order chi connectivity index (χ0) is 13.9. The first kappa shape index (κ1) is 14.2. The summed E-state index contributed by atoms with van der Waals surface area (Å²) in [6, 6.07) is 18.4. The highest BCUT2D eigenvalue weighted by Crippen LogP contribution is 2.13. The summed E-state index contributed by atoms with van der Waals surface area (Å²) in [4.78, 5) is 0. The minimum absolute atomic E-state index is 0.277. The normalized spacial score (nSPS) is 8.37. The zero-order valence-electron chi connectivity index (χ0n) is 10.1. The molecule has 0 radical (unpaired) electrons. The third-order valence-corrected chi connectivity index (χ3v) is 2.09. The van der Waals surface area contributed by atoms with E-state index in [1.807, 2.05) is 30.3 Å². The number of rotatable bonds is 3. The van der Waals surface area contributed by atoms with E-state index in [1.165, 1.54) is 24.3 Å². The molecular formula is C15H11FN2O. The van der Waals surface area contributed by atoms with Crippen molar-refractivity contribution in [2.75, 3.05) is 0 Å². The van der Waals surface area contributed by atoms with Gasteiger partial charge in [0, 0.05) is 6.07 Å². The van der Waals surface area contributed by atoms with Crippen LogP contribution >= 0.6 is 0 Å². The number of hydrogen-bond donors (Lipinski definition) is 0. The van der Waals surface area contributed by atoms with Crippen molar-refractivity contribution in [3.05, 3.63) is 66.0 Å². The average molecular weight is 254 g/mol. The lowest BCUT2D eigenvalue weighted by atomic mass is 10.2. The number of ether oxygens (including phenoxy) is 1. The Hall–Kier alpha value is -2.85. The standard InChI is InChI=1S/C13H11FO.C2N2/c14-12-7-4-8-13(9-12)15-10-11-5-2-1-3-6-11;3-1-2-4/h1-9H,10H2;. The van der Waals surface area contributed by atoms with Gasteiger partial charge in [0.15, 0.2) is 12.1 Å². The monoisotopic (exact) mass is 254 g/mol. The van der Waals surface area contributed by atoms with Crippen LogP contribution in [-0.4, -0.2) is 0 Å². The van der Waals surface area contributed by atoms with Crippen molar-refractivity contribution >= 4 is 0 Å². The molecule has 0 aliphatic carbocycles. The molecule has 2 aromatic carbocycles. The van der Waals surface area contributed by atoms with Crippen LogP contribution in [0.3, 0.4) is 0 Å². The van der Waals surface area contributed by atoms with Gasteiger partial charge in [0.1, 0.15) is 18.2 Å². The lowest BCUT2D eigenvalue weighted by Crippen LogP contribution is -1.94. The van der Waals surface area contributed by atoms with Crippen molar-refractivity contribution in [2.45, 2.75) is 6.61 Å². The van der Waals surface area contributed by atoms with E-state index in [0.717, 1.165) is 5.56 Å². The van der Waals surface area contributed by atoms with Crippen LogP contribution in [-0.2, 0) is 6.61 Å². The fraction of sp³-hybridized carbons (Fsp3) is 0.0667. The molecule has 0 atom stereocenters. The summed E-state index contributed by atoms with van der Waals surface area (Å²) in [6.07, 6.45) is 0. The van der Waals surface area contributed by atoms with Crippen molar-refractivity contribution < 1.29 is 9.13 Å². The predicted octanol–water partition coefficient (Wildman–Crippen LogP) is 3.44. The van der Waals surface area contributed by atoms with Crippen molar-refractivity contribution in [2.24, 2.45) is 0 Å². The van der Waals surface area contributed by atoms with E-state index in [-0.39, 0.29) is 5.82 Å². The van der Waals surface area contributed by atoms with Gasteiger partial charge in [0.2, 0.25) is 0 Å². The molecule has 0 aliphatic heterocycles. The molecule has 94 valence electrons. The maximum Gasteiger partial charge on any atom is 0.181 e. The summed E-state index contributed by atoms with van der Waals surface area (Å²) in [6.45, 7) is 0.463. The van der Waals surface area contributed by atoms with E-state index >= 15 is 0 Å². The Bertz CT molecular complexity index is 573. The van der Waals surface area contributed by atoms with Crippen LogP contribution in [0.1, 0.15) is 5.56 Å². The van der Waals surface area contributed by atoms with E-state index in [0.29, 0.717) is 12.4 Å². The predicted molar refractivity (Wildman–Crippen MR) is 68.4 cm³/mol. The Kier molecular flexibility index (Phi) is 6.19. The molecule has 0 saturated carbocycles. The smallest absolute Gasteiger partial charge is 0.181 e. The molecule has 2 rings (SSSR count). The van der Waals surface area contributed by atoms with Crippen molar-refractivity contribution in [3.8, 4) is 17.9 Å². The molecule has 4 heteroatoms. The molecule has 0 unspecified atom stereocenters. The van der Waals surface area contributed by atoms with Crippen LogP contribution in [0.15, 0.2) is 54.6 Å². The number of benzene rings is 2. The summed E-state index contributed by atoms with van der Waals surface area (Å²) in [7, 11) is 0. The summed E-state index contributed by atoms with van der Waals surface area (Å²) in [5.74, 6) is 0.277. The van der Waals surface area contributed by atoms with Gasteiger partial charge in [-0.1, -0.05) is 36.4 Å². The fourth-order valence-corrected chi connectivity index (χ4v) is 1.30. The van der Waals surface area contributed by atoms with Crippen LogP contribution in [0.4, 0.5) is 4.39 Å². The Labute approximate surface area is 111 Å². The molecule has 0 N–H and O–H groups in total. The molecule has 3 nitrogen and oxygen atoms in total. The Morgan fingerprint density at radius 1 is 0.947 bits per heavy atom. The van der Waals surface area contributed by atoms with Gasteiger partial charge in [0.25, 0.3) is 0 Å². The maximum absolute atomic E-state index is 12.8. The third kappa shape index (κ3) is 5.86. The average Bonchev–Trinajstić information content (AvgIpc) is 2.47. The highest BCUT2D eigenvalue weighted by atomic mass is 19.1. The minimum Gasteiger partial charge on any atom is -0.489 e. The third-order valence-electron chi connectivity index (χ3n) is 2.09. The summed E-state index contributed by atoms with van der Waals surface area (Å²) < 4.78 is 18.2. The summed E-state index contributed by atoms with van der Waals surface area (Å²) >= 11 is 0. The molecule has 0 aliphatic rings. The molecule has 0 spiro atoms. The second kappa shape index (κ2) is 8.27. The lowest BCUT2D eigenvalue weighted by molar-refractivity contribution is 0.304. The number of nitrogens with zero attached hydrogens (tertiary/aromatic N) is 2. The van der Waals surface area contributed by atoms with Crippen LogP contribution in [0, 0.1) is 28.5 Å². The van der Waals surface area contributed by atoms with Crippen LogP contribution in [0.5, 0.6) is 5.75 Å². The molecule has 0 bridgehead atoms. The Balaban J connectivity index is 0.000000399. The second-order valence-corrected chi connectivity index (χ2v) is 3.46. The Morgan fingerprint density at radius 3 is 2.21 bits per heavy atom. The molecular weight excluding hydrogens is 243 g/mol. The number of hydrogen-bond acceptors (Lipinski definition) is 3. The van der Waals surface area contributed by atoms with Gasteiger partial charge in [-0.25, -0.2) is 4.39 Å². The van der Waals surface area contributed by atoms with Gasteiger partial charge in [0.05, 0.1) is 0 Å². The maximum atomic E-state index is 12.8. The van der Waals surface area contributed by atoms with Crippen molar-refractivity contribution in [1.29, 1.82) is 10.5 Å². The highest BCUT2D eigenvalue weighted by Gasteiger charge is 1.96. The van der Waals surface area contributed by atoms with Gasteiger partial charge >= 0.3 is 0 Å². The number of halogens is 1. The quantitative estimate of drug-likeness (QED) is 0.843. The molecule has 19 heavy (non-hydrogen) atoms. The summed E-state index contributed by atoms with van der Waals surface area (Å²) in [5.41, 5.74) is 1.07. The second-order valence-electron chi connectivity index (χ2n) is 3.46. The lowest BCUT2D eigenvalue weighted by Gasteiger charge is -2.05. The fourth-order valence-electron chi connectivity index (χ4n) is 1.30. The largest absolute Gasteiger partial charge is 0.489 e. The van der Waals surface area contributed by atoms with Crippen LogP contribution in [0.2, 0.25) is 0 Å². The van der Waals surface area contributed by atoms with Gasteiger partial charge in [-0.2, -0.15) is 10.5 Å². The topological polar surface area (TPSA) is 56.8 Å². The van der Waals surface area contributed by atoms with E-state index in [4.69, 9.17) is 15.3 Å². The van der Waals surface area contributed by atoms with Gasteiger partial charge < -0.3 is 4.74 Å². The summed E-state index contributed by atoms with van der Waals surface area (Å²) in [5, 5.41) is 14.5. The molecule has 0 saturated heterocycles. The van der Waals surface area contributed by atoms with Gasteiger partial charge in [-0.05, 0) is 17.7 Å². The van der Waals surface area contributed by atoms with E-state index < -0.39 is 0 Å². The first-order chi connectivity index (χ1) is 9.26. The first-order valence-electron chi connectivity index (χ1n) is 5.46. The SMILES string of the molecule is Fc1cccc(OCc2ccccc2)c1.N#CC#N. The van der Waals surface area contributed by atoms with E-state index in [2.05, 4.69) is 0 Å². The molecule has 0 heterocycles. The minimum atomic E-state index is -0.277. The van der Waals surface area contributed by atoms with Gasteiger partial charge in [-0.15, -0.1) is 0 Å². The molecule has 0 aromatic heterocycles. The van der Waals surface area contributed by atoms with Crippen molar-refractivity contribution in [1.82, 2.24) is 0 Å². The highest BCUT2D eigenvalue weighted by molar-refractivity contribution is 5.23. The number of nitriles is 2. The first-order valence-corrected chi connectivity index (χ1v) is 5.46. The zero-order valence-corrected chi connectivity index (χ0v) is 10.1. The molecule has 0 amide bonds. The van der Waals surface area contributed by atoms with E-state index in [9.17, 15) is 4.39 Å². The van der Waals surface area contributed by atoms with Crippen LogP contribution in [0.25, 0.3) is 0 Å².